The highest BCUT2D eigenvalue weighted by atomic mass is 16.5. The molecule has 0 radical (unpaired) electrons. The lowest BCUT2D eigenvalue weighted by molar-refractivity contribution is -0.0249. The Morgan fingerprint density at radius 1 is 1.25 bits per heavy atom. The minimum atomic E-state index is 0.559. The predicted molar refractivity (Wildman–Crippen MR) is 49.1 cm³/mol. The average molecular weight is 169 g/mol. The molecule has 0 aliphatic carbocycles. The minimum Gasteiger partial charge on any atom is -0.378 e. The van der Waals surface area contributed by atoms with Crippen molar-refractivity contribution in [3.63, 3.8) is 0 Å². The molecule has 3 atom stereocenters. The Balaban J connectivity index is 1.89. The molecule has 1 N–H and O–H groups in total. The summed E-state index contributed by atoms with van der Waals surface area (Å²) in [7, 11) is 0. The van der Waals surface area contributed by atoms with Crippen molar-refractivity contribution >= 4 is 0 Å². The van der Waals surface area contributed by atoms with Gasteiger partial charge in [0.15, 0.2) is 0 Å². The summed E-state index contributed by atoms with van der Waals surface area (Å²) in [6.45, 7) is 5.69. The lowest BCUT2D eigenvalue weighted by atomic mass is 9.88. The summed E-state index contributed by atoms with van der Waals surface area (Å²) in [5.74, 6) is 1.60. The molecule has 0 spiro atoms. The molecule has 2 aliphatic rings. The third-order valence-corrected chi connectivity index (χ3v) is 3.27. The smallest absolute Gasteiger partial charge is 0.0618 e. The second-order valence-corrected chi connectivity index (χ2v) is 4.20. The summed E-state index contributed by atoms with van der Waals surface area (Å²) < 4.78 is 5.79. The third-order valence-electron chi connectivity index (χ3n) is 3.27. The second-order valence-electron chi connectivity index (χ2n) is 4.20. The van der Waals surface area contributed by atoms with Crippen molar-refractivity contribution in [3.8, 4) is 0 Å². The molecule has 70 valence electrons. The number of hydrogen-bond donors (Lipinski definition) is 1. The van der Waals surface area contributed by atoms with Gasteiger partial charge in [0.2, 0.25) is 0 Å². The van der Waals surface area contributed by atoms with Crippen LogP contribution in [-0.4, -0.2) is 25.8 Å². The summed E-state index contributed by atoms with van der Waals surface area (Å²) in [6, 6.07) is 0. The van der Waals surface area contributed by atoms with Gasteiger partial charge in [-0.2, -0.15) is 0 Å². The first kappa shape index (κ1) is 8.52. The van der Waals surface area contributed by atoms with Crippen LogP contribution in [0.25, 0.3) is 0 Å². The fourth-order valence-electron chi connectivity index (χ4n) is 2.43. The van der Waals surface area contributed by atoms with E-state index >= 15 is 0 Å². The van der Waals surface area contributed by atoms with Crippen LogP contribution >= 0.6 is 0 Å². The van der Waals surface area contributed by atoms with Gasteiger partial charge in [0.05, 0.1) is 6.10 Å². The Hall–Kier alpha value is -0.0800. The fourth-order valence-corrected chi connectivity index (χ4v) is 2.43. The highest BCUT2D eigenvalue weighted by Gasteiger charge is 2.32. The summed E-state index contributed by atoms with van der Waals surface area (Å²) in [5.41, 5.74) is 0. The maximum absolute atomic E-state index is 5.79. The average Bonchev–Trinajstić information content (AvgIpc) is 2.53. The van der Waals surface area contributed by atoms with Crippen molar-refractivity contribution < 1.29 is 4.74 Å². The highest BCUT2D eigenvalue weighted by molar-refractivity contribution is 4.85. The van der Waals surface area contributed by atoms with Gasteiger partial charge < -0.3 is 10.1 Å². The molecule has 2 saturated heterocycles. The van der Waals surface area contributed by atoms with Gasteiger partial charge in [-0.25, -0.2) is 0 Å². The topological polar surface area (TPSA) is 21.3 Å². The van der Waals surface area contributed by atoms with Crippen molar-refractivity contribution in [1.82, 2.24) is 5.32 Å². The molecule has 2 aliphatic heterocycles. The van der Waals surface area contributed by atoms with Crippen LogP contribution < -0.4 is 5.32 Å². The first-order valence-electron chi connectivity index (χ1n) is 5.20. The van der Waals surface area contributed by atoms with Gasteiger partial charge in [-0.1, -0.05) is 6.92 Å². The fraction of sp³-hybridized carbons (Fsp3) is 1.00. The summed E-state index contributed by atoms with van der Waals surface area (Å²) in [6.07, 6.45) is 4.49. The van der Waals surface area contributed by atoms with Crippen LogP contribution in [0, 0.1) is 11.8 Å². The van der Waals surface area contributed by atoms with Crippen LogP contribution in [0.2, 0.25) is 0 Å². The van der Waals surface area contributed by atoms with Crippen molar-refractivity contribution in [1.29, 1.82) is 0 Å². The predicted octanol–water partition coefficient (Wildman–Crippen LogP) is 1.41. The molecule has 0 saturated carbocycles. The normalized spacial score (nSPS) is 43.2. The lowest BCUT2D eigenvalue weighted by Crippen LogP contribution is -2.32. The standard InChI is InChI=1S/C10H19NO/c1-8-6-11-7-9(8)10-4-2-3-5-12-10/h8-11H,2-7H2,1H3. The Labute approximate surface area is 74.7 Å². The molecule has 0 aromatic carbocycles. The molecular weight excluding hydrogens is 150 g/mol. The van der Waals surface area contributed by atoms with Gasteiger partial charge in [0.25, 0.3) is 0 Å². The van der Waals surface area contributed by atoms with Crippen molar-refractivity contribution in [2.24, 2.45) is 11.8 Å². The molecule has 0 aromatic heterocycles. The van der Waals surface area contributed by atoms with Crippen LogP contribution in [0.15, 0.2) is 0 Å². The lowest BCUT2D eigenvalue weighted by Gasteiger charge is -2.29. The van der Waals surface area contributed by atoms with Crippen LogP contribution in [0.1, 0.15) is 26.2 Å². The van der Waals surface area contributed by atoms with Crippen LogP contribution in [0.4, 0.5) is 0 Å². The zero-order valence-electron chi connectivity index (χ0n) is 7.88. The Morgan fingerprint density at radius 3 is 2.75 bits per heavy atom. The van der Waals surface area contributed by atoms with Crippen molar-refractivity contribution in [3.05, 3.63) is 0 Å². The maximum Gasteiger partial charge on any atom is 0.0618 e. The first-order valence-corrected chi connectivity index (χ1v) is 5.20. The van der Waals surface area contributed by atoms with Gasteiger partial charge in [-0.15, -0.1) is 0 Å². The number of ether oxygens (including phenoxy) is 1. The van der Waals surface area contributed by atoms with E-state index in [1.807, 2.05) is 0 Å². The molecule has 2 nitrogen and oxygen atoms in total. The van der Waals surface area contributed by atoms with E-state index in [1.54, 1.807) is 0 Å². The molecule has 3 unspecified atom stereocenters. The summed E-state index contributed by atoms with van der Waals surface area (Å²) in [5, 5.41) is 3.44. The van der Waals surface area contributed by atoms with E-state index in [-0.39, 0.29) is 0 Å². The van der Waals surface area contributed by atoms with Crippen molar-refractivity contribution in [2.45, 2.75) is 32.3 Å². The molecule has 0 aromatic rings. The van der Waals surface area contributed by atoms with Gasteiger partial charge >= 0.3 is 0 Å². The molecule has 2 heterocycles. The van der Waals surface area contributed by atoms with E-state index in [2.05, 4.69) is 12.2 Å². The Bertz CT molecular complexity index is 143. The molecule has 2 heteroatoms. The quantitative estimate of drug-likeness (QED) is 0.641. The zero-order chi connectivity index (χ0) is 8.39. The second kappa shape index (κ2) is 3.75. The van der Waals surface area contributed by atoms with E-state index in [0.717, 1.165) is 18.4 Å². The Kier molecular flexibility index (Phi) is 2.66. The van der Waals surface area contributed by atoms with Gasteiger partial charge in [0.1, 0.15) is 0 Å². The van der Waals surface area contributed by atoms with E-state index in [1.165, 1.54) is 32.4 Å². The zero-order valence-corrected chi connectivity index (χ0v) is 7.88. The molecule has 2 fully saturated rings. The molecule has 12 heavy (non-hydrogen) atoms. The van der Waals surface area contributed by atoms with Crippen LogP contribution in [0.3, 0.4) is 0 Å². The van der Waals surface area contributed by atoms with E-state index < -0.39 is 0 Å². The van der Waals surface area contributed by atoms with E-state index in [4.69, 9.17) is 4.74 Å². The largest absolute Gasteiger partial charge is 0.378 e. The van der Waals surface area contributed by atoms with Gasteiger partial charge in [0, 0.05) is 19.1 Å². The minimum absolute atomic E-state index is 0.559. The molecule has 2 rings (SSSR count). The Morgan fingerprint density at radius 2 is 2.17 bits per heavy atom. The monoisotopic (exact) mass is 169 g/mol. The first-order chi connectivity index (χ1) is 5.88. The van der Waals surface area contributed by atoms with Crippen LogP contribution in [-0.2, 0) is 4.74 Å². The molecule has 0 bridgehead atoms. The molecule has 0 amide bonds. The third kappa shape index (κ3) is 1.64. The van der Waals surface area contributed by atoms with E-state index in [0.29, 0.717) is 6.10 Å². The maximum atomic E-state index is 5.79. The van der Waals surface area contributed by atoms with Crippen molar-refractivity contribution in [2.75, 3.05) is 19.7 Å². The number of nitrogens with one attached hydrogen (secondary N) is 1. The molecular formula is C10H19NO. The number of rotatable bonds is 1. The summed E-state index contributed by atoms with van der Waals surface area (Å²) in [4.78, 5) is 0. The van der Waals surface area contributed by atoms with Gasteiger partial charge in [-0.05, 0) is 31.7 Å². The highest BCUT2D eigenvalue weighted by Crippen LogP contribution is 2.27. The SMILES string of the molecule is CC1CNCC1C1CCCCO1. The number of hydrogen-bond acceptors (Lipinski definition) is 2. The van der Waals surface area contributed by atoms with E-state index in [9.17, 15) is 0 Å². The van der Waals surface area contributed by atoms with Gasteiger partial charge in [-0.3, -0.25) is 0 Å². The summed E-state index contributed by atoms with van der Waals surface area (Å²) >= 11 is 0. The van der Waals surface area contributed by atoms with Crippen LogP contribution in [0.5, 0.6) is 0 Å².